The van der Waals surface area contributed by atoms with Gasteiger partial charge in [-0.15, -0.1) is 0 Å². The Morgan fingerprint density at radius 2 is 1.84 bits per heavy atom. The molecule has 164 valence electrons. The van der Waals surface area contributed by atoms with Crippen LogP contribution in [-0.2, 0) is 6.54 Å². The first-order valence-corrected chi connectivity index (χ1v) is 10.5. The number of halogens is 1. The summed E-state index contributed by atoms with van der Waals surface area (Å²) < 4.78 is 1.09. The van der Waals surface area contributed by atoms with Gasteiger partial charge >= 0.3 is 12.0 Å². The number of hydrogen-bond acceptors (Lipinski definition) is 5. The molecule has 0 aliphatic carbocycles. The summed E-state index contributed by atoms with van der Waals surface area (Å²) >= 11 is 6.12. The lowest BCUT2D eigenvalue weighted by Gasteiger charge is -2.39. The van der Waals surface area contributed by atoms with Gasteiger partial charge in [-0.1, -0.05) is 11.6 Å². The fourth-order valence-corrected chi connectivity index (χ4v) is 4.80. The molecule has 1 spiro atoms. The molecule has 3 N–H and O–H groups in total. The Labute approximate surface area is 184 Å². The molecule has 2 amide bonds. The van der Waals surface area contributed by atoms with E-state index in [0.717, 1.165) is 42.6 Å². The van der Waals surface area contributed by atoms with E-state index in [1.165, 1.54) is 12.3 Å². The highest BCUT2D eigenvalue weighted by molar-refractivity contribution is 6.30. The van der Waals surface area contributed by atoms with Crippen LogP contribution in [0.5, 0.6) is 0 Å². The predicted molar refractivity (Wildman–Crippen MR) is 113 cm³/mol. The van der Waals surface area contributed by atoms with Gasteiger partial charge in [-0.3, -0.25) is 9.69 Å². The minimum atomic E-state index is -1.16. The lowest BCUT2D eigenvalue weighted by molar-refractivity contribution is 0.0689. The number of primary amides is 1. The normalized spacial score (nSPS) is 18.4. The Morgan fingerprint density at radius 3 is 2.48 bits per heavy atom. The number of carboxylic acid groups (broad SMARTS) is 1. The van der Waals surface area contributed by atoms with Gasteiger partial charge in [-0.05, 0) is 61.1 Å². The first-order chi connectivity index (χ1) is 14.8. The average molecular weight is 446 g/mol. The highest BCUT2D eigenvalue weighted by atomic mass is 35.5. The Balaban J connectivity index is 1.37. The van der Waals surface area contributed by atoms with E-state index in [0.29, 0.717) is 30.2 Å². The molecule has 1 aromatic heterocycles. The van der Waals surface area contributed by atoms with E-state index in [1.807, 2.05) is 0 Å². The summed E-state index contributed by atoms with van der Waals surface area (Å²) in [7, 11) is 0. The number of carbonyl (C=O) groups excluding carboxylic acids is 2. The molecule has 1 aromatic carbocycles. The number of piperidine rings is 1. The highest BCUT2D eigenvalue weighted by Gasteiger charge is 2.41. The van der Waals surface area contributed by atoms with Crippen LogP contribution in [0.25, 0.3) is 0 Å². The van der Waals surface area contributed by atoms with Gasteiger partial charge in [-0.2, -0.15) is 9.78 Å². The third-order valence-electron chi connectivity index (χ3n) is 6.34. The zero-order valence-corrected chi connectivity index (χ0v) is 17.7. The quantitative estimate of drug-likeness (QED) is 0.744. The molecule has 2 fully saturated rings. The molecule has 2 aliphatic rings. The highest BCUT2D eigenvalue weighted by Crippen LogP contribution is 2.41. The second-order valence-electron chi connectivity index (χ2n) is 8.35. The molecule has 0 radical (unpaired) electrons. The number of amides is 2. The molecule has 0 saturated carbocycles. The monoisotopic (exact) mass is 445 g/mol. The number of hydrogen-bond donors (Lipinski definition) is 2. The predicted octanol–water partition coefficient (Wildman–Crippen LogP) is 2.29. The molecule has 4 rings (SSSR count). The first-order valence-electron chi connectivity index (χ1n) is 10.2. The molecule has 2 aromatic rings. The van der Waals surface area contributed by atoms with Gasteiger partial charge in [0.25, 0.3) is 0 Å². The molecule has 2 aliphatic heterocycles. The first kappa shape index (κ1) is 21.3. The Kier molecular flexibility index (Phi) is 5.72. The summed E-state index contributed by atoms with van der Waals surface area (Å²) in [5.74, 6) is -1.62. The summed E-state index contributed by atoms with van der Waals surface area (Å²) in [6.45, 7) is 3.58. The number of aromatic nitrogens is 2. The summed E-state index contributed by atoms with van der Waals surface area (Å²) in [6, 6.07) is 6.14. The molecule has 2 saturated heterocycles. The lowest BCUT2D eigenvalue weighted by Crippen LogP contribution is -2.45. The fourth-order valence-electron chi connectivity index (χ4n) is 4.61. The molecule has 0 bridgehead atoms. The lowest BCUT2D eigenvalue weighted by atomic mass is 9.78. The summed E-state index contributed by atoms with van der Waals surface area (Å²) in [5, 5.41) is 13.4. The minimum absolute atomic E-state index is 0.124. The number of nitrogens with zero attached hydrogens (tertiary/aromatic N) is 4. The topological polar surface area (TPSA) is 122 Å². The summed E-state index contributed by atoms with van der Waals surface area (Å²) in [5.41, 5.74) is 6.80. The summed E-state index contributed by atoms with van der Waals surface area (Å²) in [6.07, 6.45) is 4.13. The van der Waals surface area contributed by atoms with Crippen molar-refractivity contribution in [2.24, 2.45) is 11.1 Å². The van der Waals surface area contributed by atoms with E-state index >= 15 is 0 Å². The van der Waals surface area contributed by atoms with E-state index in [4.69, 9.17) is 22.4 Å². The fraction of sp³-hybridized carbons (Fsp3) is 0.429. The Morgan fingerprint density at radius 1 is 1.13 bits per heavy atom. The Bertz CT molecular complexity index is 1030. The smallest absolute Gasteiger partial charge is 0.356 e. The number of aromatic carboxylic acids is 1. The van der Waals surface area contributed by atoms with Crippen molar-refractivity contribution in [2.75, 3.05) is 26.2 Å². The Hall–Kier alpha value is -2.91. The number of benzene rings is 1. The van der Waals surface area contributed by atoms with Crippen LogP contribution >= 0.6 is 11.6 Å². The van der Waals surface area contributed by atoms with Crippen LogP contribution in [0.3, 0.4) is 0 Å². The SMILES string of the molecule is NC(=O)c1ccc(Cl)cc1CN1CCC2(CCN(C(=O)n3ccc(C(=O)O)n3)CC2)C1. The van der Waals surface area contributed by atoms with Gasteiger partial charge in [0.2, 0.25) is 5.91 Å². The van der Waals surface area contributed by atoms with Crippen LogP contribution in [0.1, 0.15) is 45.7 Å². The standard InChI is InChI=1S/C21H24ClN5O4/c22-15-1-2-16(18(23)28)14(11-15)12-25-8-4-21(13-25)5-9-26(10-6-21)20(31)27-7-3-17(24-27)19(29)30/h1-3,7,11H,4-6,8-10,12-13H2,(H2,23,28)(H,29,30). The maximum atomic E-state index is 12.6. The van der Waals surface area contributed by atoms with E-state index in [2.05, 4.69) is 10.00 Å². The number of rotatable bonds is 4. The molecule has 10 heteroatoms. The summed E-state index contributed by atoms with van der Waals surface area (Å²) in [4.78, 5) is 39.4. The van der Waals surface area contributed by atoms with Crippen molar-refractivity contribution in [1.29, 1.82) is 0 Å². The van der Waals surface area contributed by atoms with Crippen molar-refractivity contribution in [1.82, 2.24) is 19.6 Å². The average Bonchev–Trinajstić information content (AvgIpc) is 3.36. The van der Waals surface area contributed by atoms with Crippen LogP contribution in [-0.4, -0.2) is 68.8 Å². The van der Waals surface area contributed by atoms with E-state index in [-0.39, 0.29) is 17.1 Å². The van der Waals surface area contributed by atoms with E-state index in [1.54, 1.807) is 23.1 Å². The maximum absolute atomic E-state index is 12.6. The van der Waals surface area contributed by atoms with E-state index < -0.39 is 11.9 Å². The maximum Gasteiger partial charge on any atom is 0.356 e. The van der Waals surface area contributed by atoms with Crippen molar-refractivity contribution in [2.45, 2.75) is 25.8 Å². The van der Waals surface area contributed by atoms with Gasteiger partial charge in [0.1, 0.15) is 0 Å². The van der Waals surface area contributed by atoms with Crippen LogP contribution in [0.2, 0.25) is 5.02 Å². The number of nitrogens with two attached hydrogens (primary N) is 1. The van der Waals surface area contributed by atoms with Crippen molar-refractivity contribution in [3.63, 3.8) is 0 Å². The third kappa shape index (κ3) is 4.42. The number of carboxylic acids is 1. The molecule has 9 nitrogen and oxygen atoms in total. The van der Waals surface area contributed by atoms with Crippen molar-refractivity contribution >= 4 is 29.5 Å². The van der Waals surface area contributed by atoms with Gasteiger partial charge < -0.3 is 15.7 Å². The second-order valence-corrected chi connectivity index (χ2v) is 8.78. The number of likely N-dealkylation sites (tertiary alicyclic amines) is 2. The van der Waals surface area contributed by atoms with Crippen LogP contribution in [0.4, 0.5) is 4.79 Å². The zero-order valence-electron chi connectivity index (χ0n) is 17.0. The third-order valence-corrected chi connectivity index (χ3v) is 6.58. The molecule has 31 heavy (non-hydrogen) atoms. The molecular formula is C21H24ClN5O4. The van der Waals surface area contributed by atoms with Gasteiger partial charge in [0.05, 0.1) is 0 Å². The molecule has 0 atom stereocenters. The molecular weight excluding hydrogens is 422 g/mol. The number of carbonyl (C=O) groups is 3. The van der Waals surface area contributed by atoms with Crippen LogP contribution < -0.4 is 5.73 Å². The van der Waals surface area contributed by atoms with Gasteiger partial charge in [0, 0.05) is 43.0 Å². The molecule has 3 heterocycles. The minimum Gasteiger partial charge on any atom is -0.476 e. The van der Waals surface area contributed by atoms with Gasteiger partial charge in [-0.25, -0.2) is 9.59 Å². The molecule has 0 unspecified atom stereocenters. The second kappa shape index (κ2) is 8.32. The van der Waals surface area contributed by atoms with Crippen molar-refractivity contribution < 1.29 is 19.5 Å². The van der Waals surface area contributed by atoms with Crippen molar-refractivity contribution in [3.8, 4) is 0 Å². The van der Waals surface area contributed by atoms with Crippen LogP contribution in [0, 0.1) is 5.41 Å². The van der Waals surface area contributed by atoms with Crippen LogP contribution in [0.15, 0.2) is 30.5 Å². The largest absolute Gasteiger partial charge is 0.476 e. The zero-order chi connectivity index (χ0) is 22.2. The van der Waals surface area contributed by atoms with E-state index in [9.17, 15) is 14.4 Å². The van der Waals surface area contributed by atoms with Crippen molar-refractivity contribution in [3.05, 3.63) is 52.3 Å². The van der Waals surface area contributed by atoms with Gasteiger partial charge in [0.15, 0.2) is 5.69 Å².